The zero-order valence-corrected chi connectivity index (χ0v) is 13.4. The largest absolute Gasteiger partial charge is 0.393 e. The van der Waals surface area contributed by atoms with Crippen molar-refractivity contribution in [3.63, 3.8) is 0 Å². The highest BCUT2D eigenvalue weighted by Gasteiger charge is 2.33. The third kappa shape index (κ3) is 2.62. The maximum Gasteiger partial charge on any atom is 0.249 e. The van der Waals surface area contributed by atoms with Crippen molar-refractivity contribution < 1.29 is 13.5 Å². The highest BCUT2D eigenvalue weighted by Crippen LogP contribution is 2.37. The molecule has 0 aromatic carbocycles. The summed E-state index contributed by atoms with van der Waals surface area (Å²) in [5.74, 6) is 0.124. The molecule has 2 heterocycles. The normalized spacial score (nSPS) is 24.4. The molecule has 0 amide bonds. The summed E-state index contributed by atoms with van der Waals surface area (Å²) < 4.78 is 29.9. The van der Waals surface area contributed by atoms with Crippen LogP contribution in [0.1, 0.15) is 13.3 Å². The fourth-order valence-electron chi connectivity index (χ4n) is 2.23. The van der Waals surface area contributed by atoms with Gasteiger partial charge in [-0.15, -0.1) is 0 Å². The lowest BCUT2D eigenvalue weighted by molar-refractivity contribution is 0.0971. The number of nitrogens with zero attached hydrogens (tertiary/aromatic N) is 3. The molecule has 1 fully saturated rings. The van der Waals surface area contributed by atoms with Crippen molar-refractivity contribution in [2.75, 3.05) is 37.8 Å². The standard InChI is InChI=1S/C11H20N4O3S2/c1-7-6-15(5-4-8(7)16)11-9(10(12)13-19-11)20(17,18)14(2)3/h7-8,16H,4-6H2,1-3H3,(H2,12,13). The summed E-state index contributed by atoms with van der Waals surface area (Å²) in [7, 11) is -0.681. The minimum Gasteiger partial charge on any atom is -0.393 e. The van der Waals surface area contributed by atoms with Crippen molar-refractivity contribution in [1.82, 2.24) is 8.68 Å². The molecule has 1 aliphatic rings. The molecule has 1 aromatic rings. The monoisotopic (exact) mass is 320 g/mol. The highest BCUT2D eigenvalue weighted by molar-refractivity contribution is 7.89. The first kappa shape index (κ1) is 15.5. The van der Waals surface area contributed by atoms with E-state index in [2.05, 4.69) is 4.37 Å². The summed E-state index contributed by atoms with van der Waals surface area (Å²) in [4.78, 5) is 2.03. The molecule has 7 nitrogen and oxygen atoms in total. The first-order chi connectivity index (χ1) is 9.25. The number of hydrogen-bond acceptors (Lipinski definition) is 7. The third-order valence-corrected chi connectivity index (χ3v) is 6.48. The van der Waals surface area contributed by atoms with Crippen LogP contribution in [0.25, 0.3) is 0 Å². The second-order valence-corrected chi connectivity index (χ2v) is 8.11. The second kappa shape index (κ2) is 5.47. The maximum absolute atomic E-state index is 12.4. The van der Waals surface area contributed by atoms with Crippen molar-refractivity contribution in [3.8, 4) is 0 Å². The van der Waals surface area contributed by atoms with Crippen molar-refractivity contribution in [3.05, 3.63) is 0 Å². The quantitative estimate of drug-likeness (QED) is 0.824. The molecular formula is C11H20N4O3S2. The van der Waals surface area contributed by atoms with E-state index < -0.39 is 10.0 Å². The van der Waals surface area contributed by atoms with Crippen molar-refractivity contribution in [2.24, 2.45) is 5.92 Å². The van der Waals surface area contributed by atoms with Gasteiger partial charge in [0.05, 0.1) is 6.10 Å². The Labute approximate surface area is 123 Å². The Morgan fingerprint density at radius 2 is 2.15 bits per heavy atom. The molecule has 1 saturated heterocycles. The van der Waals surface area contributed by atoms with Crippen LogP contribution in [0.4, 0.5) is 10.8 Å². The van der Waals surface area contributed by atoms with Crippen LogP contribution in [0.2, 0.25) is 0 Å². The average molecular weight is 320 g/mol. The van der Waals surface area contributed by atoms with Crippen LogP contribution in [0, 0.1) is 5.92 Å². The molecule has 2 rings (SSSR count). The summed E-state index contributed by atoms with van der Waals surface area (Å²) in [5.41, 5.74) is 5.75. The highest BCUT2D eigenvalue weighted by atomic mass is 32.2. The fourth-order valence-corrected chi connectivity index (χ4v) is 4.48. The van der Waals surface area contributed by atoms with Gasteiger partial charge in [-0.25, -0.2) is 12.7 Å². The van der Waals surface area contributed by atoms with E-state index in [1.807, 2.05) is 11.8 Å². The van der Waals surface area contributed by atoms with Gasteiger partial charge in [-0.2, -0.15) is 4.37 Å². The molecule has 3 N–H and O–H groups in total. The van der Waals surface area contributed by atoms with E-state index in [9.17, 15) is 13.5 Å². The van der Waals surface area contributed by atoms with Gasteiger partial charge in [0.25, 0.3) is 0 Å². The minimum absolute atomic E-state index is 0.0393. The number of sulfonamides is 1. The summed E-state index contributed by atoms with van der Waals surface area (Å²) >= 11 is 1.09. The number of nitrogen functional groups attached to an aromatic ring is 1. The van der Waals surface area contributed by atoms with Gasteiger partial charge in [0.15, 0.2) is 10.7 Å². The van der Waals surface area contributed by atoms with Gasteiger partial charge in [-0.3, -0.25) is 0 Å². The zero-order chi connectivity index (χ0) is 15.1. The Morgan fingerprint density at radius 1 is 1.50 bits per heavy atom. The number of aliphatic hydroxyl groups excluding tert-OH is 1. The predicted molar refractivity (Wildman–Crippen MR) is 79.4 cm³/mol. The first-order valence-corrected chi connectivity index (χ1v) is 8.57. The number of rotatable bonds is 3. The topological polar surface area (TPSA) is 99.8 Å². The Balaban J connectivity index is 2.40. The molecular weight excluding hydrogens is 300 g/mol. The SMILES string of the molecule is CC1CN(c2snc(N)c2S(=O)(=O)N(C)C)CCC1O. The summed E-state index contributed by atoms with van der Waals surface area (Å²) in [6.45, 7) is 3.14. The van der Waals surface area contributed by atoms with Gasteiger partial charge >= 0.3 is 0 Å². The number of piperidine rings is 1. The van der Waals surface area contributed by atoms with E-state index >= 15 is 0 Å². The molecule has 0 saturated carbocycles. The Hall–Kier alpha value is -0.900. The third-order valence-electron chi connectivity index (χ3n) is 3.54. The van der Waals surface area contributed by atoms with Crippen molar-refractivity contribution in [2.45, 2.75) is 24.3 Å². The molecule has 0 aliphatic carbocycles. The number of aromatic nitrogens is 1. The summed E-state index contributed by atoms with van der Waals surface area (Å²) in [6, 6.07) is 0. The van der Waals surface area contributed by atoms with Crippen LogP contribution in [-0.4, -0.2) is 55.5 Å². The molecule has 2 unspecified atom stereocenters. The molecule has 1 aromatic heterocycles. The van der Waals surface area contributed by atoms with E-state index in [0.29, 0.717) is 24.5 Å². The smallest absolute Gasteiger partial charge is 0.249 e. The zero-order valence-electron chi connectivity index (χ0n) is 11.8. The van der Waals surface area contributed by atoms with Crippen LogP contribution in [0.5, 0.6) is 0 Å². The molecule has 0 radical (unpaired) electrons. The lowest BCUT2D eigenvalue weighted by Crippen LogP contribution is -2.42. The van der Waals surface area contributed by atoms with Gasteiger partial charge in [0, 0.05) is 27.2 Å². The van der Waals surface area contributed by atoms with Gasteiger partial charge in [-0.05, 0) is 23.9 Å². The molecule has 0 spiro atoms. The lowest BCUT2D eigenvalue weighted by atomic mass is 9.97. The number of anilines is 2. The average Bonchev–Trinajstić information content (AvgIpc) is 2.75. The second-order valence-electron chi connectivity index (χ2n) is 5.27. The number of aliphatic hydroxyl groups is 1. The maximum atomic E-state index is 12.4. The van der Waals surface area contributed by atoms with Gasteiger partial charge < -0.3 is 15.7 Å². The molecule has 0 bridgehead atoms. The van der Waals surface area contributed by atoms with E-state index in [-0.39, 0.29) is 22.7 Å². The Morgan fingerprint density at radius 3 is 2.70 bits per heavy atom. The van der Waals surface area contributed by atoms with Crippen LogP contribution in [0.15, 0.2) is 4.90 Å². The predicted octanol–water partition coefficient (Wildman–Crippen LogP) is 0.183. The number of hydrogen-bond donors (Lipinski definition) is 2. The van der Waals surface area contributed by atoms with Crippen molar-refractivity contribution in [1.29, 1.82) is 0 Å². The summed E-state index contributed by atoms with van der Waals surface area (Å²) in [6.07, 6.45) is 0.269. The van der Waals surface area contributed by atoms with E-state index in [1.165, 1.54) is 14.1 Å². The molecule has 9 heteroatoms. The summed E-state index contributed by atoms with van der Waals surface area (Å²) in [5, 5.41) is 10.3. The molecule has 2 atom stereocenters. The van der Waals surface area contributed by atoms with Gasteiger partial charge in [-0.1, -0.05) is 6.92 Å². The van der Waals surface area contributed by atoms with Crippen LogP contribution in [-0.2, 0) is 10.0 Å². The molecule has 114 valence electrons. The van der Waals surface area contributed by atoms with Gasteiger partial charge in [0.2, 0.25) is 10.0 Å². The minimum atomic E-state index is -3.62. The van der Waals surface area contributed by atoms with Crippen LogP contribution < -0.4 is 10.6 Å². The van der Waals surface area contributed by atoms with E-state index in [4.69, 9.17) is 5.73 Å². The molecule has 20 heavy (non-hydrogen) atoms. The fraction of sp³-hybridized carbons (Fsp3) is 0.727. The van der Waals surface area contributed by atoms with Crippen molar-refractivity contribution >= 4 is 32.4 Å². The van der Waals surface area contributed by atoms with Crippen LogP contribution in [0.3, 0.4) is 0 Å². The number of nitrogens with two attached hydrogens (primary N) is 1. The Bertz CT molecular complexity index is 584. The lowest BCUT2D eigenvalue weighted by Gasteiger charge is -2.35. The van der Waals surface area contributed by atoms with Gasteiger partial charge in [0.1, 0.15) is 5.00 Å². The van der Waals surface area contributed by atoms with E-state index in [1.54, 1.807) is 0 Å². The first-order valence-electron chi connectivity index (χ1n) is 6.35. The Kier molecular flexibility index (Phi) is 4.24. The van der Waals surface area contributed by atoms with E-state index in [0.717, 1.165) is 15.8 Å². The van der Waals surface area contributed by atoms with Crippen LogP contribution >= 0.6 is 11.5 Å². The molecule has 1 aliphatic heterocycles.